The Morgan fingerprint density at radius 2 is 2.24 bits per heavy atom. The molecule has 0 radical (unpaired) electrons. The Kier molecular flexibility index (Phi) is 3.31. The van der Waals surface area contributed by atoms with Crippen LogP contribution in [0.3, 0.4) is 0 Å². The van der Waals surface area contributed by atoms with Crippen LogP contribution in [0.15, 0.2) is 12.4 Å². The van der Waals surface area contributed by atoms with E-state index in [1.54, 1.807) is 12.4 Å². The van der Waals surface area contributed by atoms with Gasteiger partial charge in [0.25, 0.3) is 0 Å². The highest BCUT2D eigenvalue weighted by molar-refractivity contribution is 5.37. The molecule has 0 amide bonds. The summed E-state index contributed by atoms with van der Waals surface area (Å²) in [7, 11) is 0. The smallest absolute Gasteiger partial charge is 0.147 e. The number of aromatic nitrogens is 2. The normalized spacial score (nSPS) is 23.8. The molecule has 1 aromatic heterocycles. The van der Waals surface area contributed by atoms with Crippen molar-refractivity contribution in [1.29, 1.82) is 0 Å². The molecular formula is C12H19N3O2. The van der Waals surface area contributed by atoms with Crippen LogP contribution in [0.2, 0.25) is 0 Å². The van der Waals surface area contributed by atoms with E-state index in [0.717, 1.165) is 18.9 Å². The van der Waals surface area contributed by atoms with E-state index in [1.165, 1.54) is 0 Å². The summed E-state index contributed by atoms with van der Waals surface area (Å²) in [5.41, 5.74) is 0.420. The van der Waals surface area contributed by atoms with Gasteiger partial charge in [-0.3, -0.25) is 4.98 Å². The molecule has 1 aliphatic heterocycles. The summed E-state index contributed by atoms with van der Waals surface area (Å²) < 4.78 is 5.84. The minimum atomic E-state index is -0.172. The van der Waals surface area contributed by atoms with Gasteiger partial charge >= 0.3 is 0 Å². The van der Waals surface area contributed by atoms with Crippen molar-refractivity contribution < 1.29 is 9.84 Å². The molecule has 17 heavy (non-hydrogen) atoms. The van der Waals surface area contributed by atoms with E-state index < -0.39 is 0 Å². The highest BCUT2D eigenvalue weighted by atomic mass is 16.5. The number of morpholine rings is 1. The number of nitrogens with zero attached hydrogens (tertiary/aromatic N) is 3. The lowest BCUT2D eigenvalue weighted by Crippen LogP contribution is -2.52. The third-order valence-corrected chi connectivity index (χ3v) is 2.75. The summed E-state index contributed by atoms with van der Waals surface area (Å²) >= 11 is 0. The Bertz CT molecular complexity index is 378. The molecule has 0 spiro atoms. The number of hydrogen-bond acceptors (Lipinski definition) is 5. The molecular weight excluding hydrogens is 218 g/mol. The van der Waals surface area contributed by atoms with Gasteiger partial charge in [0.15, 0.2) is 0 Å². The Morgan fingerprint density at radius 1 is 1.47 bits per heavy atom. The van der Waals surface area contributed by atoms with Gasteiger partial charge in [0, 0.05) is 13.1 Å². The molecule has 5 nitrogen and oxygen atoms in total. The van der Waals surface area contributed by atoms with E-state index in [9.17, 15) is 0 Å². The molecule has 0 saturated carbocycles. The topological polar surface area (TPSA) is 58.5 Å². The van der Waals surface area contributed by atoms with Gasteiger partial charge in [0.05, 0.1) is 36.4 Å². The van der Waals surface area contributed by atoms with Gasteiger partial charge in [0.2, 0.25) is 0 Å². The maximum absolute atomic E-state index is 8.93. The van der Waals surface area contributed by atoms with E-state index >= 15 is 0 Å². The minimum absolute atomic E-state index is 0.0711. The van der Waals surface area contributed by atoms with E-state index in [0.29, 0.717) is 5.69 Å². The second-order valence-electron chi connectivity index (χ2n) is 5.09. The largest absolute Gasteiger partial charge is 0.390 e. The molecule has 1 atom stereocenters. The summed E-state index contributed by atoms with van der Waals surface area (Å²) in [6.45, 7) is 7.75. The molecule has 1 aromatic rings. The molecule has 0 aromatic carbocycles. The van der Waals surface area contributed by atoms with E-state index in [4.69, 9.17) is 9.84 Å². The van der Waals surface area contributed by atoms with Crippen molar-refractivity contribution in [2.45, 2.75) is 39.1 Å². The van der Waals surface area contributed by atoms with Crippen molar-refractivity contribution in [3.8, 4) is 0 Å². The molecule has 1 saturated heterocycles. The highest BCUT2D eigenvalue weighted by Gasteiger charge is 2.31. The maximum atomic E-state index is 8.93. The zero-order valence-corrected chi connectivity index (χ0v) is 10.6. The van der Waals surface area contributed by atoms with Crippen molar-refractivity contribution in [2.24, 2.45) is 0 Å². The Labute approximate surface area is 101 Å². The molecule has 1 unspecified atom stereocenters. The number of anilines is 1. The Hall–Kier alpha value is -1.20. The fourth-order valence-corrected chi connectivity index (χ4v) is 2.22. The minimum Gasteiger partial charge on any atom is -0.390 e. The quantitative estimate of drug-likeness (QED) is 0.830. The lowest BCUT2D eigenvalue weighted by Gasteiger charge is -2.42. The predicted molar refractivity (Wildman–Crippen MR) is 64.8 cm³/mol. The third-order valence-electron chi connectivity index (χ3n) is 2.75. The summed E-state index contributed by atoms with van der Waals surface area (Å²) in [4.78, 5) is 10.6. The standard InChI is InChI=1S/C12H19N3O2/c1-9-6-15(8-12(2,3)17-9)11-5-13-10(7-16)4-14-11/h4-5,9,16H,6-8H2,1-3H3. The van der Waals surface area contributed by atoms with E-state index in [1.807, 2.05) is 0 Å². The first kappa shape index (κ1) is 12.3. The van der Waals surface area contributed by atoms with Crippen LogP contribution >= 0.6 is 0 Å². The van der Waals surface area contributed by atoms with Gasteiger partial charge in [-0.25, -0.2) is 4.98 Å². The molecule has 0 bridgehead atoms. The van der Waals surface area contributed by atoms with Crippen LogP contribution in [0.4, 0.5) is 5.82 Å². The zero-order valence-electron chi connectivity index (χ0n) is 10.6. The van der Waals surface area contributed by atoms with Crippen molar-refractivity contribution in [2.75, 3.05) is 18.0 Å². The Morgan fingerprint density at radius 3 is 2.76 bits per heavy atom. The fraction of sp³-hybridized carbons (Fsp3) is 0.667. The van der Waals surface area contributed by atoms with Crippen molar-refractivity contribution in [1.82, 2.24) is 9.97 Å². The van der Waals surface area contributed by atoms with Crippen molar-refractivity contribution >= 4 is 5.82 Å². The predicted octanol–water partition coefficient (Wildman–Crippen LogP) is 0.973. The summed E-state index contributed by atoms with van der Waals surface area (Å²) in [6, 6.07) is 0. The lowest BCUT2D eigenvalue weighted by atomic mass is 10.1. The molecule has 5 heteroatoms. The van der Waals surface area contributed by atoms with Crippen molar-refractivity contribution in [3.63, 3.8) is 0 Å². The van der Waals surface area contributed by atoms with Crippen LogP contribution in [0.5, 0.6) is 0 Å². The number of hydrogen-bond donors (Lipinski definition) is 1. The average molecular weight is 237 g/mol. The van der Waals surface area contributed by atoms with Crippen LogP contribution in [0.25, 0.3) is 0 Å². The molecule has 0 aliphatic carbocycles. The molecule has 94 valence electrons. The van der Waals surface area contributed by atoms with Gasteiger partial charge in [-0.1, -0.05) is 0 Å². The molecule has 1 N–H and O–H groups in total. The summed E-state index contributed by atoms with van der Waals surface area (Å²) in [5, 5.41) is 8.93. The first-order chi connectivity index (χ1) is 8.00. The number of rotatable bonds is 2. The molecule has 1 fully saturated rings. The average Bonchev–Trinajstić information content (AvgIpc) is 2.26. The van der Waals surface area contributed by atoms with Gasteiger partial charge in [-0.15, -0.1) is 0 Å². The van der Waals surface area contributed by atoms with Gasteiger partial charge < -0.3 is 14.7 Å². The first-order valence-electron chi connectivity index (χ1n) is 5.85. The lowest BCUT2D eigenvalue weighted by molar-refractivity contribution is -0.0751. The number of aliphatic hydroxyl groups excluding tert-OH is 1. The fourth-order valence-electron chi connectivity index (χ4n) is 2.22. The molecule has 1 aliphatic rings. The second kappa shape index (κ2) is 4.58. The SMILES string of the molecule is CC1CN(c2cnc(CO)cn2)CC(C)(C)O1. The molecule has 2 rings (SSSR count). The maximum Gasteiger partial charge on any atom is 0.147 e. The van der Waals surface area contributed by atoms with Crippen LogP contribution in [-0.4, -0.2) is 39.9 Å². The Balaban J connectivity index is 2.15. The summed E-state index contributed by atoms with van der Waals surface area (Å²) in [5.74, 6) is 0.838. The monoisotopic (exact) mass is 237 g/mol. The zero-order chi connectivity index (χ0) is 12.5. The molecule has 2 heterocycles. The first-order valence-corrected chi connectivity index (χ1v) is 5.85. The number of aliphatic hydroxyl groups is 1. The van der Waals surface area contributed by atoms with Crippen LogP contribution in [0, 0.1) is 0 Å². The van der Waals surface area contributed by atoms with Crippen LogP contribution < -0.4 is 4.90 Å². The summed E-state index contributed by atoms with van der Waals surface area (Å²) in [6.07, 6.45) is 3.50. The number of ether oxygens (including phenoxy) is 1. The van der Waals surface area contributed by atoms with E-state index in [2.05, 4.69) is 35.6 Å². The second-order valence-corrected chi connectivity index (χ2v) is 5.09. The van der Waals surface area contributed by atoms with Crippen molar-refractivity contribution in [3.05, 3.63) is 18.1 Å². The highest BCUT2D eigenvalue weighted by Crippen LogP contribution is 2.24. The third kappa shape index (κ3) is 2.92. The van der Waals surface area contributed by atoms with E-state index in [-0.39, 0.29) is 18.3 Å². The van der Waals surface area contributed by atoms with Gasteiger partial charge in [-0.2, -0.15) is 0 Å². The van der Waals surface area contributed by atoms with Gasteiger partial charge in [0.1, 0.15) is 5.82 Å². The van der Waals surface area contributed by atoms with Crippen LogP contribution in [-0.2, 0) is 11.3 Å². The van der Waals surface area contributed by atoms with Gasteiger partial charge in [-0.05, 0) is 20.8 Å². The van der Waals surface area contributed by atoms with Crippen LogP contribution in [0.1, 0.15) is 26.5 Å².